The fraction of sp³-hybridized carbons (Fsp3) is 0.400. The highest BCUT2D eigenvalue weighted by molar-refractivity contribution is 5.80. The van der Waals surface area contributed by atoms with Crippen LogP contribution in [0.2, 0.25) is 0 Å². The summed E-state index contributed by atoms with van der Waals surface area (Å²) in [5.74, 6) is -2.48. The third-order valence-corrected chi connectivity index (χ3v) is 3.07. The minimum absolute atomic E-state index is 0.0462. The molecule has 0 bridgehead atoms. The number of benzene rings is 1. The first kappa shape index (κ1) is 13.7. The Labute approximate surface area is 111 Å². The lowest BCUT2D eigenvalue weighted by Gasteiger charge is -2.14. The van der Waals surface area contributed by atoms with Gasteiger partial charge >= 0.3 is 0 Å². The van der Waals surface area contributed by atoms with Gasteiger partial charge in [-0.25, -0.2) is 0 Å². The Bertz CT molecular complexity index is 454. The van der Waals surface area contributed by atoms with Gasteiger partial charge in [0.25, 0.3) is 5.92 Å². The summed E-state index contributed by atoms with van der Waals surface area (Å²) in [6, 6.07) is 8.52. The van der Waals surface area contributed by atoms with E-state index in [2.05, 4.69) is 0 Å². The van der Waals surface area contributed by atoms with Gasteiger partial charge in [-0.1, -0.05) is 24.3 Å². The van der Waals surface area contributed by atoms with Gasteiger partial charge in [0.1, 0.15) is 11.5 Å². The maximum Gasteiger partial charge on any atom is 0.299 e. The van der Waals surface area contributed by atoms with Gasteiger partial charge in [0, 0.05) is 12.8 Å². The molecular weight excluding hydrogens is 250 g/mol. The van der Waals surface area contributed by atoms with Crippen LogP contribution in [0, 0.1) is 5.92 Å². The highest BCUT2D eigenvalue weighted by atomic mass is 19.3. The zero-order chi connectivity index (χ0) is 13.7. The number of ketones is 1. The average molecular weight is 266 g/mol. The molecule has 1 atom stereocenters. The van der Waals surface area contributed by atoms with Crippen LogP contribution in [0.5, 0.6) is 5.75 Å². The molecule has 0 saturated heterocycles. The quantitative estimate of drug-likeness (QED) is 0.761. The summed E-state index contributed by atoms with van der Waals surface area (Å²) in [6.45, 7) is -0.686. The van der Waals surface area contributed by atoms with Crippen molar-refractivity contribution in [2.75, 3.05) is 6.61 Å². The van der Waals surface area contributed by atoms with Gasteiger partial charge in [-0.2, -0.15) is 8.78 Å². The van der Waals surface area contributed by atoms with Crippen molar-refractivity contribution >= 4 is 5.78 Å². The van der Waals surface area contributed by atoms with Crippen molar-refractivity contribution in [3.63, 3.8) is 0 Å². The highest BCUT2D eigenvalue weighted by Gasteiger charge is 2.28. The molecule has 2 rings (SSSR count). The van der Waals surface area contributed by atoms with Crippen molar-refractivity contribution in [1.29, 1.82) is 0 Å². The molecule has 0 aromatic heterocycles. The number of carbonyl (C=O) groups excluding carboxylic acids is 1. The lowest BCUT2D eigenvalue weighted by atomic mass is 10.1. The first-order valence-corrected chi connectivity index (χ1v) is 6.32. The summed E-state index contributed by atoms with van der Waals surface area (Å²) < 4.78 is 32.2. The summed E-state index contributed by atoms with van der Waals surface area (Å²) in [7, 11) is 0. The standard InChI is InChI=1S/C15H16F2O2/c16-15(17,9-8-12-6-7-13(18)10-12)11-19-14-4-2-1-3-5-14/h1-5,8-9,12H,6-7,10-11H2/b9-8+. The Morgan fingerprint density at radius 1 is 1.32 bits per heavy atom. The number of halogens is 2. The van der Waals surface area contributed by atoms with Crippen LogP contribution >= 0.6 is 0 Å². The topological polar surface area (TPSA) is 26.3 Å². The maximum absolute atomic E-state index is 13.6. The molecule has 1 fully saturated rings. The van der Waals surface area contributed by atoms with Gasteiger partial charge in [0.15, 0.2) is 6.61 Å². The Balaban J connectivity index is 1.84. The second kappa shape index (κ2) is 5.95. The normalized spacial score (nSPS) is 20.1. The van der Waals surface area contributed by atoms with E-state index in [4.69, 9.17) is 4.74 Å². The number of hydrogen-bond acceptors (Lipinski definition) is 2. The molecule has 1 aromatic rings. The number of para-hydroxylation sites is 1. The first-order valence-electron chi connectivity index (χ1n) is 6.32. The molecule has 0 N–H and O–H groups in total. The van der Waals surface area contributed by atoms with Gasteiger partial charge in [0.05, 0.1) is 0 Å². The molecule has 1 aliphatic rings. The van der Waals surface area contributed by atoms with Crippen LogP contribution in [0.25, 0.3) is 0 Å². The van der Waals surface area contributed by atoms with Crippen LogP contribution in [0.15, 0.2) is 42.5 Å². The molecule has 0 heterocycles. The van der Waals surface area contributed by atoms with Crippen molar-refractivity contribution in [2.45, 2.75) is 25.2 Å². The van der Waals surface area contributed by atoms with E-state index < -0.39 is 12.5 Å². The second-order valence-electron chi connectivity index (χ2n) is 4.76. The largest absolute Gasteiger partial charge is 0.487 e. The fourth-order valence-electron chi connectivity index (χ4n) is 2.03. The number of alkyl halides is 2. The number of allylic oxidation sites excluding steroid dienone is 1. The number of hydrogen-bond donors (Lipinski definition) is 0. The summed E-state index contributed by atoms with van der Waals surface area (Å²) in [5, 5.41) is 0. The monoisotopic (exact) mass is 266 g/mol. The van der Waals surface area contributed by atoms with E-state index in [1.165, 1.54) is 6.08 Å². The van der Waals surface area contributed by atoms with E-state index in [1.54, 1.807) is 30.3 Å². The lowest BCUT2D eigenvalue weighted by Crippen LogP contribution is -2.23. The smallest absolute Gasteiger partial charge is 0.299 e. The molecule has 19 heavy (non-hydrogen) atoms. The predicted molar refractivity (Wildman–Crippen MR) is 68.4 cm³/mol. The van der Waals surface area contributed by atoms with E-state index in [0.29, 0.717) is 25.0 Å². The summed E-state index contributed by atoms with van der Waals surface area (Å²) >= 11 is 0. The van der Waals surface area contributed by atoms with Crippen molar-refractivity contribution < 1.29 is 18.3 Å². The molecule has 102 valence electrons. The molecule has 0 amide bonds. The molecular formula is C15H16F2O2. The second-order valence-corrected chi connectivity index (χ2v) is 4.76. The van der Waals surface area contributed by atoms with Crippen LogP contribution in [0.4, 0.5) is 8.78 Å². The lowest BCUT2D eigenvalue weighted by molar-refractivity contribution is -0.117. The summed E-state index contributed by atoms with van der Waals surface area (Å²) in [5.41, 5.74) is 0. The summed E-state index contributed by atoms with van der Waals surface area (Å²) in [4.78, 5) is 11.0. The van der Waals surface area contributed by atoms with Crippen LogP contribution in [-0.4, -0.2) is 18.3 Å². The average Bonchev–Trinajstić information content (AvgIpc) is 2.82. The molecule has 1 aromatic carbocycles. The Morgan fingerprint density at radius 3 is 2.68 bits per heavy atom. The first-order chi connectivity index (χ1) is 9.05. The molecule has 0 aliphatic heterocycles. The molecule has 1 unspecified atom stereocenters. The number of carbonyl (C=O) groups is 1. The zero-order valence-corrected chi connectivity index (χ0v) is 10.5. The maximum atomic E-state index is 13.6. The van der Waals surface area contributed by atoms with Crippen molar-refractivity contribution in [2.24, 2.45) is 5.92 Å². The van der Waals surface area contributed by atoms with E-state index in [1.807, 2.05) is 0 Å². The Kier molecular flexibility index (Phi) is 4.30. The minimum atomic E-state index is -3.01. The number of rotatable bonds is 5. The van der Waals surface area contributed by atoms with E-state index in [0.717, 1.165) is 6.08 Å². The molecule has 4 heteroatoms. The van der Waals surface area contributed by atoms with Gasteiger partial charge in [0.2, 0.25) is 0 Å². The molecule has 1 saturated carbocycles. The number of Topliss-reactive ketones (excluding diaryl/α,β-unsaturated/α-hetero) is 1. The van der Waals surface area contributed by atoms with Gasteiger partial charge in [-0.3, -0.25) is 4.79 Å². The van der Waals surface area contributed by atoms with Crippen molar-refractivity contribution in [1.82, 2.24) is 0 Å². The molecule has 0 radical (unpaired) electrons. The predicted octanol–water partition coefficient (Wildman–Crippen LogP) is 3.63. The van der Waals surface area contributed by atoms with E-state index >= 15 is 0 Å². The van der Waals surface area contributed by atoms with Gasteiger partial charge < -0.3 is 4.74 Å². The highest BCUT2D eigenvalue weighted by Crippen LogP contribution is 2.26. The molecule has 0 spiro atoms. The van der Waals surface area contributed by atoms with E-state index in [9.17, 15) is 13.6 Å². The van der Waals surface area contributed by atoms with Crippen molar-refractivity contribution in [3.05, 3.63) is 42.5 Å². The minimum Gasteiger partial charge on any atom is -0.487 e. The van der Waals surface area contributed by atoms with Crippen LogP contribution in [-0.2, 0) is 4.79 Å². The van der Waals surface area contributed by atoms with E-state index in [-0.39, 0.29) is 11.7 Å². The SMILES string of the molecule is O=C1CCC(/C=C/C(F)(F)COc2ccccc2)C1. The summed E-state index contributed by atoms with van der Waals surface area (Å²) in [6.07, 6.45) is 3.86. The number of ether oxygens (including phenoxy) is 1. The third kappa shape index (κ3) is 4.47. The molecule has 2 nitrogen and oxygen atoms in total. The van der Waals surface area contributed by atoms with Gasteiger partial charge in [-0.15, -0.1) is 0 Å². The zero-order valence-electron chi connectivity index (χ0n) is 10.5. The van der Waals surface area contributed by atoms with Crippen LogP contribution in [0.3, 0.4) is 0 Å². The fourth-order valence-corrected chi connectivity index (χ4v) is 2.03. The molecule has 1 aliphatic carbocycles. The third-order valence-electron chi connectivity index (χ3n) is 3.07. The Hall–Kier alpha value is -1.71. The van der Waals surface area contributed by atoms with Crippen LogP contribution < -0.4 is 4.74 Å². The Morgan fingerprint density at radius 2 is 2.05 bits per heavy atom. The van der Waals surface area contributed by atoms with Crippen LogP contribution in [0.1, 0.15) is 19.3 Å². The van der Waals surface area contributed by atoms with Gasteiger partial charge in [-0.05, 0) is 30.5 Å². The van der Waals surface area contributed by atoms with Crippen molar-refractivity contribution in [3.8, 4) is 5.75 Å².